The molecule has 0 saturated heterocycles. The van der Waals surface area contributed by atoms with Crippen LogP contribution in [0.15, 0.2) is 29.3 Å². The van der Waals surface area contributed by atoms with Crippen LogP contribution in [0.4, 0.5) is 4.79 Å². The van der Waals surface area contributed by atoms with Crippen molar-refractivity contribution >= 4 is 40.6 Å². The molecule has 1 atom stereocenters. The fourth-order valence-electron chi connectivity index (χ4n) is 4.63. The number of benzene rings is 1. The largest absolute Gasteiger partial charge is 0.465 e. The Bertz CT molecular complexity index is 1460. The van der Waals surface area contributed by atoms with Crippen molar-refractivity contribution in [3.63, 3.8) is 0 Å². The van der Waals surface area contributed by atoms with Crippen LogP contribution in [-0.4, -0.2) is 104 Å². The number of nitrogens with one attached hydrogen (secondary N) is 2. The van der Waals surface area contributed by atoms with E-state index in [1.165, 1.54) is 4.88 Å². The molecule has 2 aromatic heterocycles. The summed E-state index contributed by atoms with van der Waals surface area (Å²) in [4.78, 5) is 29.7. The van der Waals surface area contributed by atoms with Gasteiger partial charge in [0, 0.05) is 34.1 Å². The Morgan fingerprint density at radius 2 is 1.47 bits per heavy atom. The molecular weight excluding hydrogens is 624 g/mol. The van der Waals surface area contributed by atoms with Crippen molar-refractivity contribution in [1.29, 1.82) is 0 Å². The van der Waals surface area contributed by atoms with Gasteiger partial charge in [-0.3, -0.25) is 14.4 Å². The van der Waals surface area contributed by atoms with Crippen LogP contribution in [0.3, 0.4) is 0 Å². The van der Waals surface area contributed by atoms with Gasteiger partial charge in [0.05, 0.1) is 65.0 Å². The summed E-state index contributed by atoms with van der Waals surface area (Å²) in [5.74, 6) is 1.21. The summed E-state index contributed by atoms with van der Waals surface area (Å²) >= 11 is 7.85. The lowest BCUT2D eigenvalue weighted by Gasteiger charge is -2.13. The highest BCUT2D eigenvalue weighted by Gasteiger charge is 2.32. The van der Waals surface area contributed by atoms with Gasteiger partial charge in [0.15, 0.2) is 5.82 Å². The second-order valence-electron chi connectivity index (χ2n) is 10.1. The lowest BCUT2D eigenvalue weighted by molar-refractivity contribution is -0.121. The van der Waals surface area contributed by atoms with Gasteiger partial charge in [0.1, 0.15) is 16.9 Å². The van der Waals surface area contributed by atoms with Gasteiger partial charge >= 0.3 is 6.09 Å². The van der Waals surface area contributed by atoms with Gasteiger partial charge in [-0.15, -0.1) is 21.5 Å². The zero-order valence-corrected chi connectivity index (χ0v) is 27.2. The Morgan fingerprint density at radius 1 is 0.889 bits per heavy atom. The molecule has 1 aliphatic heterocycles. The third-order valence-corrected chi connectivity index (χ3v) is 8.39. The Labute approximate surface area is 270 Å². The molecule has 4 rings (SSSR count). The van der Waals surface area contributed by atoms with E-state index >= 15 is 0 Å². The molecule has 0 radical (unpaired) electrons. The number of thiophene rings is 1. The highest BCUT2D eigenvalue weighted by Crippen LogP contribution is 2.39. The standard InChI is InChI=1S/C30H39ClN6O7S/c1-19-20(2)45-29-26(19)27(22-4-6-23(31)7-5-22)34-24(28-36-35-21(3)37(28)29)18-25(38)32-8-10-41-12-14-43-16-17-44-15-13-42-11-9-33-30(39)40/h4-7,24,33H,8-18H2,1-3H3,(H,32,38)(H,39,40)/t24-/m0/s1. The van der Waals surface area contributed by atoms with Crippen LogP contribution in [0.2, 0.25) is 5.02 Å². The summed E-state index contributed by atoms with van der Waals surface area (Å²) in [5.41, 5.74) is 3.88. The maximum atomic E-state index is 13.0. The molecule has 1 aromatic carbocycles. The number of amides is 2. The minimum Gasteiger partial charge on any atom is -0.465 e. The van der Waals surface area contributed by atoms with E-state index in [-0.39, 0.29) is 18.9 Å². The van der Waals surface area contributed by atoms with Crippen LogP contribution in [-0.2, 0) is 23.7 Å². The number of rotatable bonds is 18. The number of carbonyl (C=O) groups excluding carboxylic acids is 1. The number of aromatic nitrogens is 3. The predicted molar refractivity (Wildman–Crippen MR) is 170 cm³/mol. The number of ether oxygens (including phenoxy) is 4. The average Bonchev–Trinajstić information content (AvgIpc) is 3.49. The van der Waals surface area contributed by atoms with E-state index < -0.39 is 12.1 Å². The SMILES string of the molecule is Cc1sc2c(c1C)C(c1ccc(Cl)cc1)=N[C@@H](CC(=O)NCCOCCOCCOCCOCCNC(=O)O)c1nnc(C)n1-2. The van der Waals surface area contributed by atoms with Gasteiger partial charge in [-0.2, -0.15) is 0 Å². The molecule has 3 heterocycles. The van der Waals surface area contributed by atoms with Crippen molar-refractivity contribution < 1.29 is 33.6 Å². The molecule has 1 aliphatic rings. The normalized spacial score (nSPS) is 14.0. The fraction of sp³-hybridized carbons (Fsp3) is 0.500. The molecule has 3 aromatic rings. The predicted octanol–water partition coefficient (Wildman–Crippen LogP) is 3.64. The van der Waals surface area contributed by atoms with Crippen LogP contribution in [0, 0.1) is 20.8 Å². The third-order valence-electron chi connectivity index (χ3n) is 6.94. The number of hydrogen-bond acceptors (Lipinski definition) is 10. The minimum absolute atomic E-state index is 0.107. The van der Waals surface area contributed by atoms with Gasteiger partial charge in [-0.1, -0.05) is 23.7 Å². The quantitative estimate of drug-likeness (QED) is 0.173. The lowest BCUT2D eigenvalue weighted by atomic mass is 9.99. The molecule has 13 nitrogen and oxygen atoms in total. The van der Waals surface area contributed by atoms with Gasteiger partial charge < -0.3 is 34.7 Å². The number of aliphatic imine (C=N–C) groups is 1. The number of hydrogen-bond donors (Lipinski definition) is 3. The third kappa shape index (κ3) is 9.79. The minimum atomic E-state index is -1.07. The monoisotopic (exact) mass is 662 g/mol. The Kier molecular flexibility index (Phi) is 13.3. The first kappa shape index (κ1) is 34.5. The summed E-state index contributed by atoms with van der Waals surface area (Å²) in [5, 5.41) is 24.0. The number of aryl methyl sites for hydroxylation is 2. The molecule has 0 saturated carbocycles. The number of carbonyl (C=O) groups is 2. The molecule has 2 amide bonds. The van der Waals surface area contributed by atoms with Crippen molar-refractivity contribution in [1.82, 2.24) is 25.4 Å². The van der Waals surface area contributed by atoms with Crippen molar-refractivity contribution in [3.05, 3.63) is 62.5 Å². The van der Waals surface area contributed by atoms with Gasteiger partial charge in [0.2, 0.25) is 5.91 Å². The maximum Gasteiger partial charge on any atom is 0.404 e. The zero-order valence-electron chi connectivity index (χ0n) is 25.6. The van der Waals surface area contributed by atoms with Crippen LogP contribution >= 0.6 is 22.9 Å². The highest BCUT2D eigenvalue weighted by molar-refractivity contribution is 7.15. The second kappa shape index (κ2) is 17.3. The number of nitrogens with zero attached hydrogens (tertiary/aromatic N) is 4. The first-order valence-corrected chi connectivity index (χ1v) is 15.9. The number of fused-ring (bicyclic) bond motifs is 3. The molecule has 3 N–H and O–H groups in total. The smallest absolute Gasteiger partial charge is 0.404 e. The summed E-state index contributed by atoms with van der Waals surface area (Å²) in [7, 11) is 0. The molecule has 15 heteroatoms. The van der Waals surface area contributed by atoms with Crippen molar-refractivity contribution in [3.8, 4) is 5.00 Å². The lowest BCUT2D eigenvalue weighted by Crippen LogP contribution is -2.29. The summed E-state index contributed by atoms with van der Waals surface area (Å²) in [6.45, 7) is 9.70. The van der Waals surface area contributed by atoms with Gasteiger partial charge in [-0.05, 0) is 38.5 Å². The molecular formula is C30H39ClN6O7S. The average molecular weight is 663 g/mol. The van der Waals surface area contributed by atoms with E-state index in [1.807, 2.05) is 35.8 Å². The number of carboxylic acid groups (broad SMARTS) is 1. The second-order valence-corrected chi connectivity index (χ2v) is 11.8. The highest BCUT2D eigenvalue weighted by atomic mass is 35.5. The maximum absolute atomic E-state index is 13.0. The van der Waals surface area contributed by atoms with Crippen molar-refractivity contribution in [2.45, 2.75) is 33.2 Å². The summed E-state index contributed by atoms with van der Waals surface area (Å²) < 4.78 is 23.7. The topological polar surface area (TPSA) is 158 Å². The molecule has 45 heavy (non-hydrogen) atoms. The Balaban J connectivity index is 1.21. The van der Waals surface area contributed by atoms with Crippen LogP contribution in [0.25, 0.3) is 5.00 Å². The summed E-state index contributed by atoms with van der Waals surface area (Å²) in [6, 6.07) is 7.05. The summed E-state index contributed by atoms with van der Waals surface area (Å²) in [6.07, 6.45) is -0.967. The first-order chi connectivity index (χ1) is 21.8. The molecule has 0 bridgehead atoms. The van der Waals surface area contributed by atoms with Crippen LogP contribution in [0.5, 0.6) is 0 Å². The van der Waals surface area contributed by atoms with Gasteiger partial charge in [0.25, 0.3) is 0 Å². The molecule has 0 spiro atoms. The molecule has 0 unspecified atom stereocenters. The van der Waals surface area contributed by atoms with E-state index in [2.05, 4.69) is 34.7 Å². The first-order valence-electron chi connectivity index (χ1n) is 14.7. The number of halogens is 1. The van der Waals surface area contributed by atoms with Crippen LogP contribution in [0.1, 0.15) is 45.7 Å². The fourth-order valence-corrected chi connectivity index (χ4v) is 5.97. The molecule has 0 fully saturated rings. The zero-order chi connectivity index (χ0) is 32.2. The van der Waals surface area contributed by atoms with E-state index in [4.69, 9.17) is 40.6 Å². The van der Waals surface area contributed by atoms with E-state index in [0.717, 1.165) is 33.2 Å². The Morgan fingerprint density at radius 3 is 2.07 bits per heavy atom. The molecule has 0 aliphatic carbocycles. The van der Waals surface area contributed by atoms with Crippen LogP contribution < -0.4 is 10.6 Å². The van der Waals surface area contributed by atoms with E-state index in [1.54, 1.807) is 11.3 Å². The van der Waals surface area contributed by atoms with E-state index in [0.29, 0.717) is 70.2 Å². The van der Waals surface area contributed by atoms with Crippen molar-refractivity contribution in [2.75, 3.05) is 65.9 Å². The molecule has 244 valence electrons. The Hall–Kier alpha value is -3.40. The van der Waals surface area contributed by atoms with Crippen molar-refractivity contribution in [2.24, 2.45) is 4.99 Å². The van der Waals surface area contributed by atoms with E-state index in [9.17, 15) is 9.59 Å². The van der Waals surface area contributed by atoms with Gasteiger partial charge in [-0.25, -0.2) is 4.79 Å².